The first-order chi connectivity index (χ1) is 15.3. The smallest absolute Gasteiger partial charge is 0.225 e. The van der Waals surface area contributed by atoms with Crippen molar-refractivity contribution in [3.8, 4) is 22.5 Å². The number of aromatic nitrogens is 4. The van der Waals surface area contributed by atoms with E-state index in [2.05, 4.69) is 25.3 Å². The summed E-state index contributed by atoms with van der Waals surface area (Å²) in [6.45, 7) is 2.01. The van der Waals surface area contributed by atoms with E-state index < -0.39 is 16.1 Å². The van der Waals surface area contributed by atoms with Crippen LogP contribution in [0.3, 0.4) is 0 Å². The fourth-order valence-electron chi connectivity index (χ4n) is 3.47. The molecule has 10 heteroatoms. The first kappa shape index (κ1) is 23.7. The van der Waals surface area contributed by atoms with Gasteiger partial charge in [0.15, 0.2) is 5.78 Å². The quantitative estimate of drug-likeness (QED) is 0.426. The number of carbonyl (C=O) groups is 1. The van der Waals surface area contributed by atoms with Crippen LogP contribution in [0, 0.1) is 0 Å². The maximum Gasteiger partial charge on any atom is 0.225 e. The van der Waals surface area contributed by atoms with Crippen molar-refractivity contribution >= 4 is 15.8 Å². The molecule has 0 saturated carbocycles. The Labute approximate surface area is 188 Å². The number of hydrogen-bond acceptors (Lipinski definition) is 7. The van der Waals surface area contributed by atoms with Crippen molar-refractivity contribution in [1.82, 2.24) is 30.2 Å². The molecule has 9 nitrogen and oxygen atoms in total. The third-order valence-corrected chi connectivity index (χ3v) is 6.41. The topological polar surface area (TPSA) is 121 Å². The van der Waals surface area contributed by atoms with Crippen LogP contribution in [0.4, 0.5) is 0 Å². The number of nitrogens with zero attached hydrogens (tertiary/aromatic N) is 4. The number of tetrazole rings is 1. The monoisotopic (exact) mass is 456 g/mol. The van der Waals surface area contributed by atoms with E-state index in [1.165, 1.54) is 0 Å². The molecule has 0 aliphatic heterocycles. The van der Waals surface area contributed by atoms with Gasteiger partial charge in [0, 0.05) is 11.1 Å². The van der Waals surface area contributed by atoms with Crippen LogP contribution in [0.5, 0.6) is 0 Å². The van der Waals surface area contributed by atoms with E-state index in [-0.39, 0.29) is 11.7 Å². The Hall–Kier alpha value is -2.95. The first-order valence-electron chi connectivity index (χ1n) is 10.4. The van der Waals surface area contributed by atoms with Crippen LogP contribution in [0.25, 0.3) is 22.5 Å². The number of carbonyl (C=O) groups excluding carboxylic acids is 1. The molecule has 0 fully saturated rings. The van der Waals surface area contributed by atoms with E-state index in [0.717, 1.165) is 29.5 Å². The largest absolute Gasteiger partial charge is 0.295 e. The molecule has 1 heterocycles. The molecule has 1 aromatic heterocycles. The second-order valence-corrected chi connectivity index (χ2v) is 9.58. The van der Waals surface area contributed by atoms with Crippen molar-refractivity contribution < 1.29 is 13.2 Å². The molecule has 3 rings (SSSR count). The zero-order valence-electron chi connectivity index (χ0n) is 18.4. The molecule has 0 bridgehead atoms. The van der Waals surface area contributed by atoms with Crippen LogP contribution in [0.2, 0.25) is 0 Å². The second-order valence-electron chi connectivity index (χ2n) is 7.86. The van der Waals surface area contributed by atoms with Crippen molar-refractivity contribution in [2.45, 2.75) is 32.2 Å². The van der Waals surface area contributed by atoms with Gasteiger partial charge in [0.1, 0.15) is 5.88 Å². The number of rotatable bonds is 11. The van der Waals surface area contributed by atoms with Gasteiger partial charge in [-0.3, -0.25) is 9.69 Å². The van der Waals surface area contributed by atoms with Gasteiger partial charge in [0.25, 0.3) is 0 Å². The Morgan fingerprint density at radius 2 is 1.78 bits per heavy atom. The molecule has 2 N–H and O–H groups in total. The van der Waals surface area contributed by atoms with Crippen LogP contribution >= 0.6 is 0 Å². The van der Waals surface area contributed by atoms with Crippen molar-refractivity contribution in [3.05, 3.63) is 54.1 Å². The number of nitrogens with one attached hydrogen (secondary N) is 2. The summed E-state index contributed by atoms with van der Waals surface area (Å²) in [5, 5.41) is 14.2. The van der Waals surface area contributed by atoms with Crippen LogP contribution in [0.1, 0.15) is 36.5 Å². The average molecular weight is 457 g/mol. The van der Waals surface area contributed by atoms with Crippen LogP contribution in [0.15, 0.2) is 48.5 Å². The number of sulfonamides is 1. The number of H-pyrrole nitrogens is 1. The Balaban J connectivity index is 1.85. The maximum atomic E-state index is 13.1. The molecule has 1 atom stereocenters. The second kappa shape index (κ2) is 10.6. The summed E-state index contributed by atoms with van der Waals surface area (Å²) in [6, 6.07) is 14.0. The lowest BCUT2D eigenvalue weighted by molar-refractivity contribution is 0.0948. The molecule has 0 aliphatic carbocycles. The fraction of sp³-hybridized carbons (Fsp3) is 0.364. The summed E-state index contributed by atoms with van der Waals surface area (Å²) < 4.78 is 27.4. The van der Waals surface area contributed by atoms with Crippen molar-refractivity contribution in [2.75, 3.05) is 20.0 Å². The molecule has 0 spiro atoms. The molecule has 3 aromatic rings. The number of hydrogen-bond donors (Lipinski definition) is 2. The molecule has 2 aromatic carbocycles. The molecule has 170 valence electrons. The molecule has 0 saturated heterocycles. The number of benzene rings is 2. The first-order valence-corrected chi connectivity index (χ1v) is 12.1. The number of unbranched alkanes of at least 4 members (excludes halogenated alkanes) is 1. The highest BCUT2D eigenvalue weighted by Crippen LogP contribution is 2.30. The van der Waals surface area contributed by atoms with Gasteiger partial charge >= 0.3 is 0 Å². The fourth-order valence-corrected chi connectivity index (χ4v) is 4.88. The van der Waals surface area contributed by atoms with E-state index in [9.17, 15) is 13.2 Å². The zero-order valence-corrected chi connectivity index (χ0v) is 19.3. The third-order valence-electron chi connectivity index (χ3n) is 4.91. The predicted octanol–water partition coefficient (Wildman–Crippen LogP) is 2.71. The maximum absolute atomic E-state index is 13.1. The normalized spacial score (nSPS) is 12.8. The molecular formula is C22H28N6O3S. The van der Waals surface area contributed by atoms with Gasteiger partial charge < -0.3 is 0 Å². The number of ketones is 1. The lowest BCUT2D eigenvalue weighted by atomic mass is 9.95. The minimum Gasteiger partial charge on any atom is -0.295 e. The summed E-state index contributed by atoms with van der Waals surface area (Å²) in [5.74, 6) is 0.0730. The van der Waals surface area contributed by atoms with E-state index in [1.807, 2.05) is 43.3 Å². The summed E-state index contributed by atoms with van der Waals surface area (Å²) in [5.41, 5.74) is 3.07. The van der Waals surface area contributed by atoms with Gasteiger partial charge in [0.05, 0.1) is 6.04 Å². The minimum atomic E-state index is -3.61. The number of Topliss-reactive ketones (excluding diaryl/α,β-unsaturated/α-hetero) is 1. The van der Waals surface area contributed by atoms with Crippen molar-refractivity contribution in [2.24, 2.45) is 0 Å². The van der Waals surface area contributed by atoms with Gasteiger partial charge in [0.2, 0.25) is 15.8 Å². The molecule has 32 heavy (non-hydrogen) atoms. The lowest BCUT2D eigenvalue weighted by Gasteiger charge is -2.19. The highest BCUT2D eigenvalue weighted by molar-refractivity contribution is 7.89. The van der Waals surface area contributed by atoms with E-state index in [4.69, 9.17) is 0 Å². The van der Waals surface area contributed by atoms with E-state index in [1.54, 1.807) is 31.1 Å². The molecular weight excluding hydrogens is 428 g/mol. The van der Waals surface area contributed by atoms with Gasteiger partial charge in [-0.05, 0) is 36.9 Å². The Morgan fingerprint density at radius 3 is 2.38 bits per heavy atom. The third kappa shape index (κ3) is 6.06. The lowest BCUT2D eigenvalue weighted by Crippen LogP contribution is -2.44. The summed E-state index contributed by atoms with van der Waals surface area (Å²) in [4.78, 5) is 14.7. The molecule has 0 radical (unpaired) electrons. The van der Waals surface area contributed by atoms with Gasteiger partial charge in [-0.15, -0.1) is 10.2 Å². The summed E-state index contributed by atoms with van der Waals surface area (Å²) >= 11 is 0. The Morgan fingerprint density at radius 1 is 1.09 bits per heavy atom. The highest BCUT2D eigenvalue weighted by atomic mass is 32.2. The van der Waals surface area contributed by atoms with Crippen molar-refractivity contribution in [3.63, 3.8) is 0 Å². The standard InChI is InChI=1S/C22H28N6O3S/c1-4-5-10-20(25-32(30,31)15-28(2)3)21(29)17-13-11-16(12-14-17)18-8-6-7-9-19(18)22-23-26-27-24-22/h6-9,11-14,20,25H,4-5,10,15H2,1-3H3,(H,23,24,26,27). The molecule has 0 aliphatic rings. The Bertz CT molecular complexity index is 1130. The van der Waals surface area contributed by atoms with Crippen LogP contribution in [-0.2, 0) is 10.0 Å². The van der Waals surface area contributed by atoms with Crippen molar-refractivity contribution in [1.29, 1.82) is 0 Å². The number of aromatic amines is 1. The zero-order chi connectivity index (χ0) is 23.1. The van der Waals surface area contributed by atoms with E-state index in [0.29, 0.717) is 17.8 Å². The van der Waals surface area contributed by atoms with Crippen LogP contribution in [-0.4, -0.2) is 65.7 Å². The summed E-state index contributed by atoms with van der Waals surface area (Å²) in [6.07, 6.45) is 2.06. The summed E-state index contributed by atoms with van der Waals surface area (Å²) in [7, 11) is -0.265. The van der Waals surface area contributed by atoms with Crippen LogP contribution < -0.4 is 4.72 Å². The molecule has 0 amide bonds. The highest BCUT2D eigenvalue weighted by Gasteiger charge is 2.25. The van der Waals surface area contributed by atoms with E-state index >= 15 is 0 Å². The predicted molar refractivity (Wildman–Crippen MR) is 123 cm³/mol. The molecule has 1 unspecified atom stereocenters. The van der Waals surface area contributed by atoms with Gasteiger partial charge in [-0.1, -0.05) is 68.3 Å². The average Bonchev–Trinajstić information content (AvgIpc) is 3.30. The minimum absolute atomic E-state index is 0.172. The van der Waals surface area contributed by atoms with Gasteiger partial charge in [-0.25, -0.2) is 13.1 Å². The Kier molecular flexibility index (Phi) is 7.84. The SMILES string of the molecule is CCCCC(NS(=O)(=O)CN(C)C)C(=O)c1ccc(-c2ccccc2-c2nn[nH]n2)cc1. The van der Waals surface area contributed by atoms with Gasteiger partial charge in [-0.2, -0.15) is 5.21 Å².